The summed E-state index contributed by atoms with van der Waals surface area (Å²) in [6, 6.07) is 6.76. The third-order valence-electron chi connectivity index (χ3n) is 7.93. The molecular formula is C27H38N4O4. The Labute approximate surface area is 207 Å². The molecule has 2 fully saturated rings. The molecule has 5 atom stereocenters. The van der Waals surface area contributed by atoms with Crippen LogP contribution in [0.1, 0.15) is 82.9 Å². The number of carbonyl (C=O) groups excluding carboxylic acids is 4. The summed E-state index contributed by atoms with van der Waals surface area (Å²) in [5, 5.41) is 6.14. The van der Waals surface area contributed by atoms with E-state index in [0.717, 1.165) is 24.8 Å². The molecule has 0 radical (unpaired) electrons. The summed E-state index contributed by atoms with van der Waals surface area (Å²) in [5.41, 5.74) is 2.40. The van der Waals surface area contributed by atoms with E-state index in [9.17, 15) is 19.2 Å². The normalized spacial score (nSPS) is 27.2. The Bertz CT molecular complexity index is 980. The van der Waals surface area contributed by atoms with Gasteiger partial charge in [-0.3, -0.25) is 19.2 Å². The van der Waals surface area contributed by atoms with E-state index in [1.807, 2.05) is 26.0 Å². The van der Waals surface area contributed by atoms with Crippen LogP contribution in [0, 0.1) is 5.92 Å². The lowest BCUT2D eigenvalue weighted by Gasteiger charge is -2.41. The second kappa shape index (κ2) is 10.8. The van der Waals surface area contributed by atoms with Crippen molar-refractivity contribution in [3.63, 3.8) is 0 Å². The highest BCUT2D eigenvalue weighted by molar-refractivity contribution is 5.93. The molecule has 8 nitrogen and oxygen atoms in total. The van der Waals surface area contributed by atoms with Crippen LogP contribution in [0.4, 0.5) is 0 Å². The Balaban J connectivity index is 1.57. The average Bonchev–Trinajstić information content (AvgIpc) is 3.28. The monoisotopic (exact) mass is 482 g/mol. The molecule has 1 aromatic rings. The minimum Gasteiger partial charge on any atom is -0.347 e. The van der Waals surface area contributed by atoms with Gasteiger partial charge < -0.3 is 20.4 Å². The van der Waals surface area contributed by atoms with Gasteiger partial charge >= 0.3 is 0 Å². The first-order valence-corrected chi connectivity index (χ1v) is 13.1. The standard InChI is InChI=1S/C27H38N4O4/c1-4-17(2)25(33)29-22-13-8-16-30(18(3)32)24-15-14-23(31(24)27(22)35)26(34)28-21-12-7-10-19-9-5-6-11-20(19)21/h5-6,9,11,17,21-24H,4,7-8,10,12-16H2,1-3H3,(H,28,34)(H,29,33)/t17-,21-,22?,23?,24?/m1/s1. The number of benzene rings is 1. The zero-order valence-electron chi connectivity index (χ0n) is 21.1. The summed E-state index contributed by atoms with van der Waals surface area (Å²) in [6.45, 7) is 5.80. The van der Waals surface area contributed by atoms with Gasteiger partial charge in [0.2, 0.25) is 23.6 Å². The van der Waals surface area contributed by atoms with Gasteiger partial charge in [-0.15, -0.1) is 0 Å². The summed E-state index contributed by atoms with van der Waals surface area (Å²) in [4.78, 5) is 55.8. The summed E-state index contributed by atoms with van der Waals surface area (Å²) in [5.74, 6) is -0.887. The number of hydrogen-bond donors (Lipinski definition) is 2. The van der Waals surface area contributed by atoms with Crippen molar-refractivity contribution in [2.75, 3.05) is 6.54 Å². The first-order chi connectivity index (χ1) is 16.8. The molecule has 0 bridgehead atoms. The van der Waals surface area contributed by atoms with Crippen LogP contribution < -0.4 is 10.6 Å². The largest absolute Gasteiger partial charge is 0.347 e. The molecule has 1 aromatic carbocycles. The number of aryl methyl sites for hydroxylation is 1. The maximum Gasteiger partial charge on any atom is 0.247 e. The molecule has 0 spiro atoms. The third-order valence-corrected chi connectivity index (χ3v) is 7.93. The number of fused-ring (bicyclic) bond motifs is 2. The molecule has 1 aliphatic carbocycles. The second-order valence-corrected chi connectivity index (χ2v) is 10.2. The van der Waals surface area contributed by atoms with Crippen molar-refractivity contribution in [2.45, 2.75) is 96.4 Å². The molecule has 190 valence electrons. The smallest absolute Gasteiger partial charge is 0.247 e. The van der Waals surface area contributed by atoms with E-state index in [1.165, 1.54) is 12.5 Å². The van der Waals surface area contributed by atoms with Crippen molar-refractivity contribution in [1.29, 1.82) is 0 Å². The topological polar surface area (TPSA) is 98.8 Å². The van der Waals surface area contributed by atoms with Crippen LogP contribution in [0.15, 0.2) is 24.3 Å². The summed E-state index contributed by atoms with van der Waals surface area (Å²) in [6.07, 6.45) is 5.20. The lowest BCUT2D eigenvalue weighted by atomic mass is 9.87. The molecule has 2 aliphatic heterocycles. The first-order valence-electron chi connectivity index (χ1n) is 13.1. The van der Waals surface area contributed by atoms with Gasteiger partial charge in [0, 0.05) is 19.4 Å². The molecule has 0 saturated carbocycles. The van der Waals surface area contributed by atoms with Crippen LogP contribution in [0.25, 0.3) is 0 Å². The molecule has 2 heterocycles. The highest BCUT2D eigenvalue weighted by Gasteiger charge is 2.47. The highest BCUT2D eigenvalue weighted by atomic mass is 16.2. The average molecular weight is 483 g/mol. The van der Waals surface area contributed by atoms with E-state index in [0.29, 0.717) is 38.6 Å². The molecule has 3 unspecified atom stereocenters. The Morgan fingerprint density at radius 2 is 1.77 bits per heavy atom. The maximum absolute atomic E-state index is 13.8. The maximum atomic E-state index is 13.8. The van der Waals surface area contributed by atoms with Gasteiger partial charge in [-0.1, -0.05) is 38.1 Å². The van der Waals surface area contributed by atoms with Crippen LogP contribution in [0.3, 0.4) is 0 Å². The van der Waals surface area contributed by atoms with Crippen LogP contribution in [0.5, 0.6) is 0 Å². The number of nitrogens with zero attached hydrogens (tertiary/aromatic N) is 2. The Kier molecular flexibility index (Phi) is 7.77. The Morgan fingerprint density at radius 3 is 2.51 bits per heavy atom. The summed E-state index contributed by atoms with van der Waals surface area (Å²) < 4.78 is 0. The van der Waals surface area contributed by atoms with E-state index >= 15 is 0 Å². The van der Waals surface area contributed by atoms with E-state index in [1.54, 1.807) is 9.80 Å². The molecule has 35 heavy (non-hydrogen) atoms. The molecule has 2 N–H and O–H groups in total. The van der Waals surface area contributed by atoms with Gasteiger partial charge in [0.25, 0.3) is 0 Å². The van der Waals surface area contributed by atoms with Crippen molar-refractivity contribution in [3.05, 3.63) is 35.4 Å². The number of nitrogens with one attached hydrogen (secondary N) is 2. The van der Waals surface area contributed by atoms with Crippen molar-refractivity contribution in [3.8, 4) is 0 Å². The van der Waals surface area contributed by atoms with Gasteiger partial charge in [0.15, 0.2) is 0 Å². The van der Waals surface area contributed by atoms with Gasteiger partial charge in [0.1, 0.15) is 18.2 Å². The predicted molar refractivity (Wildman–Crippen MR) is 132 cm³/mol. The fourth-order valence-electron chi connectivity index (χ4n) is 5.75. The third kappa shape index (κ3) is 5.21. The van der Waals surface area contributed by atoms with Gasteiger partial charge in [0.05, 0.1) is 6.04 Å². The van der Waals surface area contributed by atoms with Crippen molar-refractivity contribution in [1.82, 2.24) is 20.4 Å². The Hall–Kier alpha value is -2.90. The quantitative estimate of drug-likeness (QED) is 0.674. The minimum absolute atomic E-state index is 0.0822. The van der Waals surface area contributed by atoms with Crippen molar-refractivity contribution < 1.29 is 19.2 Å². The van der Waals surface area contributed by atoms with Crippen LogP contribution in [0.2, 0.25) is 0 Å². The lowest BCUT2D eigenvalue weighted by molar-refractivity contribution is -0.153. The second-order valence-electron chi connectivity index (χ2n) is 10.2. The summed E-state index contributed by atoms with van der Waals surface area (Å²) in [7, 11) is 0. The van der Waals surface area contributed by atoms with Gasteiger partial charge in [-0.05, 0) is 62.5 Å². The number of rotatable bonds is 5. The Morgan fingerprint density at radius 1 is 1.03 bits per heavy atom. The highest BCUT2D eigenvalue weighted by Crippen LogP contribution is 2.33. The SMILES string of the molecule is CC[C@@H](C)C(=O)NC1CCCN(C(C)=O)C2CCC(C(=O)N[C@@H]3CCCc4ccccc43)N2C1=O. The predicted octanol–water partition coefficient (Wildman–Crippen LogP) is 2.67. The van der Waals surface area contributed by atoms with Gasteiger partial charge in [-0.2, -0.15) is 0 Å². The molecular weight excluding hydrogens is 444 g/mol. The molecule has 4 amide bonds. The molecule has 8 heteroatoms. The molecule has 0 aromatic heterocycles. The zero-order valence-corrected chi connectivity index (χ0v) is 21.1. The number of carbonyl (C=O) groups is 4. The van der Waals surface area contributed by atoms with Gasteiger partial charge in [-0.25, -0.2) is 0 Å². The zero-order chi connectivity index (χ0) is 25.1. The van der Waals surface area contributed by atoms with E-state index in [2.05, 4.69) is 22.8 Å². The fourth-order valence-corrected chi connectivity index (χ4v) is 5.75. The van der Waals surface area contributed by atoms with E-state index in [4.69, 9.17) is 0 Å². The van der Waals surface area contributed by atoms with Crippen LogP contribution in [-0.2, 0) is 25.6 Å². The first kappa shape index (κ1) is 25.2. The van der Waals surface area contributed by atoms with E-state index in [-0.39, 0.29) is 35.6 Å². The molecule has 2 saturated heterocycles. The number of amides is 4. The molecule has 3 aliphatic rings. The van der Waals surface area contributed by atoms with E-state index < -0.39 is 18.2 Å². The van der Waals surface area contributed by atoms with Crippen LogP contribution >= 0.6 is 0 Å². The summed E-state index contributed by atoms with van der Waals surface area (Å²) >= 11 is 0. The minimum atomic E-state index is -0.683. The van der Waals surface area contributed by atoms with Crippen molar-refractivity contribution >= 4 is 23.6 Å². The van der Waals surface area contributed by atoms with Crippen LogP contribution in [-0.4, -0.2) is 58.2 Å². The lowest BCUT2D eigenvalue weighted by Crippen LogP contribution is -2.61. The fraction of sp³-hybridized carbons (Fsp3) is 0.630. The van der Waals surface area contributed by atoms with Crippen molar-refractivity contribution in [2.24, 2.45) is 5.92 Å². The molecule has 4 rings (SSSR count). The number of hydrogen-bond acceptors (Lipinski definition) is 4.